The molecule has 1 heterocycles. The number of imidazole rings is 1. The van der Waals surface area contributed by atoms with Crippen molar-refractivity contribution in [1.82, 2.24) is 9.97 Å². The Morgan fingerprint density at radius 3 is 2.83 bits per heavy atom. The molecule has 5 nitrogen and oxygen atoms in total. The van der Waals surface area contributed by atoms with Gasteiger partial charge in [0.05, 0.1) is 5.92 Å². The maximum Gasteiger partial charge on any atom is 0.323 e. The van der Waals surface area contributed by atoms with E-state index in [1.54, 1.807) is 6.92 Å². The zero-order chi connectivity index (χ0) is 9.14. The minimum absolute atomic E-state index is 0.303. The summed E-state index contributed by atoms with van der Waals surface area (Å²) in [6, 6.07) is 0. The fraction of sp³-hybridized carbons (Fsp3) is 0.429. The van der Waals surface area contributed by atoms with Crippen molar-refractivity contribution in [2.45, 2.75) is 13.3 Å². The first-order chi connectivity index (χ1) is 5.59. The van der Waals surface area contributed by atoms with Crippen molar-refractivity contribution in [2.24, 2.45) is 5.92 Å². The van der Waals surface area contributed by atoms with Crippen LogP contribution in [-0.2, 0) is 11.2 Å². The highest BCUT2D eigenvalue weighted by atomic mass is 16.4. The van der Waals surface area contributed by atoms with Crippen LogP contribution in [-0.4, -0.2) is 21.0 Å². The maximum atomic E-state index is 10.6. The van der Waals surface area contributed by atoms with Gasteiger partial charge in [-0.1, -0.05) is 6.92 Å². The first kappa shape index (κ1) is 8.58. The summed E-state index contributed by atoms with van der Waals surface area (Å²) >= 11 is 0. The molecule has 0 saturated heterocycles. The number of carboxylic acid groups (broad SMARTS) is 1. The molecule has 1 unspecified atom stereocenters. The predicted molar refractivity (Wildman–Crippen MR) is 41.9 cm³/mol. The van der Waals surface area contributed by atoms with E-state index in [2.05, 4.69) is 9.97 Å². The van der Waals surface area contributed by atoms with Crippen LogP contribution in [0.5, 0.6) is 0 Å². The Labute approximate surface area is 68.4 Å². The van der Waals surface area contributed by atoms with Crippen LogP contribution in [0.3, 0.4) is 0 Å². The molecule has 1 rings (SSSR count). The van der Waals surface area contributed by atoms with Crippen molar-refractivity contribution in [3.8, 4) is 0 Å². The van der Waals surface area contributed by atoms with E-state index < -0.39 is 11.9 Å². The van der Waals surface area contributed by atoms with Crippen molar-refractivity contribution in [3.63, 3.8) is 0 Å². The van der Waals surface area contributed by atoms with Gasteiger partial charge >= 0.3 is 11.7 Å². The molecule has 0 aromatic carbocycles. The summed E-state index contributed by atoms with van der Waals surface area (Å²) in [5.41, 5.74) is 0.317. The van der Waals surface area contributed by atoms with Crippen LogP contribution < -0.4 is 5.69 Å². The number of carboxylic acids is 1. The third kappa shape index (κ3) is 1.98. The number of H-pyrrole nitrogens is 2. The Kier molecular flexibility index (Phi) is 2.32. The average molecular weight is 170 g/mol. The molecule has 66 valence electrons. The second-order valence-corrected chi connectivity index (χ2v) is 2.71. The number of hydrogen-bond donors (Lipinski definition) is 3. The Hall–Kier alpha value is -1.52. The summed E-state index contributed by atoms with van der Waals surface area (Å²) in [7, 11) is 0. The van der Waals surface area contributed by atoms with Crippen molar-refractivity contribution in [2.75, 3.05) is 0 Å². The van der Waals surface area contributed by atoms with E-state index in [9.17, 15) is 9.59 Å². The number of carbonyl (C=O) groups is 1. The first-order valence-electron chi connectivity index (χ1n) is 3.59. The average Bonchev–Trinajstić information content (AvgIpc) is 2.35. The van der Waals surface area contributed by atoms with Gasteiger partial charge in [-0.25, -0.2) is 4.79 Å². The monoisotopic (exact) mass is 170 g/mol. The minimum Gasteiger partial charge on any atom is -0.481 e. The van der Waals surface area contributed by atoms with Crippen LogP contribution in [0, 0.1) is 5.92 Å². The van der Waals surface area contributed by atoms with Gasteiger partial charge in [0.15, 0.2) is 0 Å². The third-order valence-corrected chi connectivity index (χ3v) is 1.60. The van der Waals surface area contributed by atoms with Gasteiger partial charge in [-0.2, -0.15) is 0 Å². The fourth-order valence-electron chi connectivity index (χ4n) is 0.898. The van der Waals surface area contributed by atoms with Gasteiger partial charge < -0.3 is 15.1 Å². The molecule has 0 saturated carbocycles. The minimum atomic E-state index is -0.864. The fourth-order valence-corrected chi connectivity index (χ4v) is 0.898. The molecule has 5 heteroatoms. The lowest BCUT2D eigenvalue weighted by atomic mass is 10.1. The van der Waals surface area contributed by atoms with E-state index in [0.29, 0.717) is 12.1 Å². The zero-order valence-corrected chi connectivity index (χ0v) is 6.63. The number of aromatic amines is 2. The topological polar surface area (TPSA) is 86.0 Å². The van der Waals surface area contributed by atoms with Crippen LogP contribution in [0.25, 0.3) is 0 Å². The van der Waals surface area contributed by atoms with E-state index in [1.807, 2.05) is 0 Å². The highest BCUT2D eigenvalue weighted by Crippen LogP contribution is 2.02. The number of rotatable bonds is 3. The number of nitrogens with one attached hydrogen (secondary N) is 2. The van der Waals surface area contributed by atoms with Gasteiger partial charge in [-0.05, 0) is 0 Å². The smallest absolute Gasteiger partial charge is 0.323 e. The molecule has 0 radical (unpaired) electrons. The van der Waals surface area contributed by atoms with Crippen LogP contribution in [0.4, 0.5) is 0 Å². The molecular weight excluding hydrogens is 160 g/mol. The Morgan fingerprint density at radius 1 is 1.75 bits per heavy atom. The van der Waals surface area contributed by atoms with E-state index in [1.165, 1.54) is 6.20 Å². The Morgan fingerprint density at radius 2 is 2.42 bits per heavy atom. The SMILES string of the molecule is CC(Cc1c[nH]c(=O)[nH]1)C(=O)O. The molecule has 0 aliphatic carbocycles. The molecule has 0 aliphatic rings. The van der Waals surface area contributed by atoms with Crippen molar-refractivity contribution in [3.05, 3.63) is 22.4 Å². The lowest BCUT2D eigenvalue weighted by molar-refractivity contribution is -0.141. The quantitative estimate of drug-likeness (QED) is 0.595. The molecule has 1 atom stereocenters. The van der Waals surface area contributed by atoms with Crippen molar-refractivity contribution in [1.29, 1.82) is 0 Å². The highest BCUT2D eigenvalue weighted by Gasteiger charge is 2.12. The standard InChI is InChI=1S/C7H10N2O3/c1-4(6(10)11)2-5-3-8-7(12)9-5/h3-4H,2H2,1H3,(H,10,11)(H2,8,9,12). The van der Waals surface area contributed by atoms with Crippen molar-refractivity contribution >= 4 is 5.97 Å². The molecule has 0 spiro atoms. The molecule has 0 aliphatic heterocycles. The van der Waals surface area contributed by atoms with E-state index in [4.69, 9.17) is 5.11 Å². The summed E-state index contributed by atoms with van der Waals surface area (Å²) in [6.07, 6.45) is 1.83. The number of aromatic nitrogens is 2. The molecular formula is C7H10N2O3. The summed E-state index contributed by atoms with van der Waals surface area (Å²) in [4.78, 5) is 25.9. The molecule has 0 bridgehead atoms. The Bertz CT molecular complexity index is 325. The lowest BCUT2D eigenvalue weighted by Crippen LogP contribution is -2.13. The number of aliphatic carboxylic acids is 1. The highest BCUT2D eigenvalue weighted by molar-refractivity contribution is 5.69. The van der Waals surface area contributed by atoms with Crippen LogP contribution in [0.1, 0.15) is 12.6 Å². The van der Waals surface area contributed by atoms with E-state index >= 15 is 0 Å². The largest absolute Gasteiger partial charge is 0.481 e. The summed E-state index contributed by atoms with van der Waals surface area (Å²) in [5.74, 6) is -1.34. The zero-order valence-electron chi connectivity index (χ0n) is 6.63. The summed E-state index contributed by atoms with van der Waals surface area (Å²) < 4.78 is 0. The molecule has 12 heavy (non-hydrogen) atoms. The second-order valence-electron chi connectivity index (χ2n) is 2.71. The maximum absolute atomic E-state index is 10.6. The molecule has 3 N–H and O–H groups in total. The molecule has 0 fully saturated rings. The van der Waals surface area contributed by atoms with Gasteiger partial charge in [0.25, 0.3) is 0 Å². The summed E-state index contributed by atoms with van der Waals surface area (Å²) in [5, 5.41) is 8.55. The van der Waals surface area contributed by atoms with Gasteiger partial charge in [-0.3, -0.25) is 4.79 Å². The van der Waals surface area contributed by atoms with E-state index in [0.717, 1.165) is 0 Å². The van der Waals surface area contributed by atoms with Gasteiger partial charge in [0.1, 0.15) is 0 Å². The lowest BCUT2D eigenvalue weighted by Gasteiger charge is -2.01. The predicted octanol–water partition coefficient (Wildman–Crippen LogP) is -0.0338. The normalized spacial score (nSPS) is 12.8. The molecule has 0 amide bonds. The van der Waals surface area contributed by atoms with Crippen LogP contribution in [0.2, 0.25) is 0 Å². The van der Waals surface area contributed by atoms with Crippen LogP contribution in [0.15, 0.2) is 11.0 Å². The third-order valence-electron chi connectivity index (χ3n) is 1.60. The van der Waals surface area contributed by atoms with Gasteiger partial charge in [0, 0.05) is 18.3 Å². The molecule has 1 aromatic heterocycles. The Balaban J connectivity index is 2.64. The van der Waals surface area contributed by atoms with Crippen LogP contribution >= 0.6 is 0 Å². The van der Waals surface area contributed by atoms with E-state index in [-0.39, 0.29) is 5.69 Å². The van der Waals surface area contributed by atoms with Gasteiger partial charge in [-0.15, -0.1) is 0 Å². The van der Waals surface area contributed by atoms with Gasteiger partial charge in [0.2, 0.25) is 0 Å². The molecule has 1 aromatic rings. The number of hydrogen-bond acceptors (Lipinski definition) is 2. The first-order valence-corrected chi connectivity index (χ1v) is 3.59. The van der Waals surface area contributed by atoms with Crippen molar-refractivity contribution < 1.29 is 9.90 Å². The second kappa shape index (κ2) is 3.25. The summed E-state index contributed by atoms with van der Waals surface area (Å²) in [6.45, 7) is 1.59.